The fraction of sp³-hybridized carbons (Fsp3) is 0.462. The zero-order valence-corrected chi connectivity index (χ0v) is 12.8. The number of halogens is 1. The Morgan fingerprint density at radius 2 is 2.39 bits per heavy atom. The summed E-state index contributed by atoms with van der Waals surface area (Å²) in [5.74, 6) is 1.06. The van der Waals surface area contributed by atoms with Crippen LogP contribution in [-0.4, -0.2) is 34.9 Å². The lowest BCUT2D eigenvalue weighted by atomic mass is 10.1. The number of thioether (sulfide) groups is 1. The molecule has 1 unspecified atom stereocenters. The number of benzene rings is 1. The SMILES string of the molecule is CCC1CN(C(=O)c2cc(Br)ccc2N)CCS1. The van der Waals surface area contributed by atoms with Gasteiger partial charge in [0.25, 0.3) is 5.91 Å². The van der Waals surface area contributed by atoms with E-state index >= 15 is 0 Å². The standard InChI is InChI=1S/C13H17BrN2OS/c1-2-10-8-16(5-6-18-10)13(17)11-7-9(14)3-4-12(11)15/h3-4,7,10H,2,5-6,8,15H2,1H3. The average molecular weight is 329 g/mol. The first-order valence-electron chi connectivity index (χ1n) is 6.07. The summed E-state index contributed by atoms with van der Waals surface area (Å²) < 4.78 is 0.887. The molecule has 0 saturated carbocycles. The highest BCUT2D eigenvalue weighted by Crippen LogP contribution is 2.25. The van der Waals surface area contributed by atoms with Gasteiger partial charge in [0.1, 0.15) is 0 Å². The molecule has 1 aliphatic heterocycles. The number of carbonyl (C=O) groups excluding carboxylic acids is 1. The third-order valence-corrected chi connectivity index (χ3v) is 4.99. The van der Waals surface area contributed by atoms with Crippen molar-refractivity contribution in [2.45, 2.75) is 18.6 Å². The molecule has 2 N–H and O–H groups in total. The third-order valence-electron chi connectivity index (χ3n) is 3.13. The number of hydrogen-bond donors (Lipinski definition) is 1. The van der Waals surface area contributed by atoms with Crippen molar-refractivity contribution in [3.8, 4) is 0 Å². The minimum Gasteiger partial charge on any atom is -0.398 e. The molecular weight excluding hydrogens is 312 g/mol. The molecule has 0 spiro atoms. The maximum Gasteiger partial charge on any atom is 0.256 e. The van der Waals surface area contributed by atoms with Gasteiger partial charge in [-0.05, 0) is 24.6 Å². The Balaban J connectivity index is 2.17. The van der Waals surface area contributed by atoms with Crippen molar-refractivity contribution in [2.75, 3.05) is 24.6 Å². The van der Waals surface area contributed by atoms with E-state index in [0.717, 1.165) is 29.7 Å². The molecule has 0 radical (unpaired) electrons. The van der Waals surface area contributed by atoms with Crippen LogP contribution in [0.5, 0.6) is 0 Å². The summed E-state index contributed by atoms with van der Waals surface area (Å²) in [6, 6.07) is 5.43. The van der Waals surface area contributed by atoms with E-state index in [2.05, 4.69) is 22.9 Å². The molecule has 1 heterocycles. The van der Waals surface area contributed by atoms with Gasteiger partial charge in [-0.3, -0.25) is 4.79 Å². The fourth-order valence-electron chi connectivity index (χ4n) is 2.03. The number of anilines is 1. The van der Waals surface area contributed by atoms with Crippen LogP contribution < -0.4 is 5.73 Å². The maximum atomic E-state index is 12.5. The van der Waals surface area contributed by atoms with Crippen molar-refractivity contribution in [1.82, 2.24) is 4.90 Å². The number of nitrogens with two attached hydrogens (primary N) is 1. The summed E-state index contributed by atoms with van der Waals surface area (Å²) in [7, 11) is 0. The predicted octanol–water partition coefficient (Wildman–Crippen LogP) is 3.00. The first-order chi connectivity index (χ1) is 8.61. The number of amides is 1. The zero-order chi connectivity index (χ0) is 13.1. The van der Waals surface area contributed by atoms with Gasteiger partial charge in [-0.2, -0.15) is 11.8 Å². The van der Waals surface area contributed by atoms with Crippen molar-refractivity contribution in [1.29, 1.82) is 0 Å². The van der Waals surface area contributed by atoms with Gasteiger partial charge in [0.05, 0.1) is 5.56 Å². The van der Waals surface area contributed by atoms with Crippen LogP contribution in [0.3, 0.4) is 0 Å². The van der Waals surface area contributed by atoms with Crippen LogP contribution in [0.4, 0.5) is 5.69 Å². The lowest BCUT2D eigenvalue weighted by Crippen LogP contribution is -2.42. The predicted molar refractivity (Wildman–Crippen MR) is 81.0 cm³/mol. The van der Waals surface area contributed by atoms with Gasteiger partial charge in [-0.1, -0.05) is 22.9 Å². The quantitative estimate of drug-likeness (QED) is 0.849. The van der Waals surface area contributed by atoms with Gasteiger partial charge >= 0.3 is 0 Å². The van der Waals surface area contributed by atoms with E-state index in [4.69, 9.17) is 5.73 Å². The molecule has 0 aromatic heterocycles. The number of nitrogens with zero attached hydrogens (tertiary/aromatic N) is 1. The topological polar surface area (TPSA) is 46.3 Å². The van der Waals surface area contributed by atoms with Crippen LogP contribution in [-0.2, 0) is 0 Å². The number of carbonyl (C=O) groups is 1. The molecule has 1 atom stereocenters. The molecule has 3 nitrogen and oxygen atoms in total. The highest BCUT2D eigenvalue weighted by atomic mass is 79.9. The van der Waals surface area contributed by atoms with Crippen molar-refractivity contribution < 1.29 is 4.79 Å². The summed E-state index contributed by atoms with van der Waals surface area (Å²) in [5.41, 5.74) is 7.04. The van der Waals surface area contributed by atoms with E-state index < -0.39 is 0 Å². The van der Waals surface area contributed by atoms with E-state index in [9.17, 15) is 4.79 Å². The molecule has 1 amide bonds. The highest BCUT2D eigenvalue weighted by Gasteiger charge is 2.25. The lowest BCUT2D eigenvalue weighted by molar-refractivity contribution is 0.0762. The van der Waals surface area contributed by atoms with Gasteiger partial charge in [-0.25, -0.2) is 0 Å². The summed E-state index contributed by atoms with van der Waals surface area (Å²) >= 11 is 5.34. The van der Waals surface area contributed by atoms with Gasteiger partial charge in [0.2, 0.25) is 0 Å². The molecule has 0 bridgehead atoms. The highest BCUT2D eigenvalue weighted by molar-refractivity contribution is 9.10. The van der Waals surface area contributed by atoms with E-state index in [0.29, 0.717) is 16.5 Å². The molecule has 1 saturated heterocycles. The molecule has 1 aromatic carbocycles. The molecule has 18 heavy (non-hydrogen) atoms. The van der Waals surface area contributed by atoms with Gasteiger partial charge in [0.15, 0.2) is 0 Å². The zero-order valence-electron chi connectivity index (χ0n) is 10.4. The van der Waals surface area contributed by atoms with Gasteiger partial charge < -0.3 is 10.6 Å². The molecule has 5 heteroatoms. The Hall–Kier alpha value is -0.680. The minimum atomic E-state index is 0.0487. The van der Waals surface area contributed by atoms with Gasteiger partial charge in [-0.15, -0.1) is 0 Å². The second-order valence-electron chi connectivity index (χ2n) is 4.38. The van der Waals surface area contributed by atoms with Crippen LogP contribution in [0.1, 0.15) is 23.7 Å². The number of hydrogen-bond acceptors (Lipinski definition) is 3. The van der Waals surface area contributed by atoms with E-state index in [1.807, 2.05) is 22.7 Å². The van der Waals surface area contributed by atoms with Gasteiger partial charge in [0, 0.05) is 34.3 Å². The van der Waals surface area contributed by atoms with Crippen LogP contribution >= 0.6 is 27.7 Å². The molecule has 1 aliphatic rings. The Morgan fingerprint density at radius 1 is 1.61 bits per heavy atom. The lowest BCUT2D eigenvalue weighted by Gasteiger charge is -2.32. The van der Waals surface area contributed by atoms with Crippen LogP contribution in [0.25, 0.3) is 0 Å². The normalized spacial score (nSPS) is 19.9. The monoisotopic (exact) mass is 328 g/mol. The molecule has 0 aliphatic carbocycles. The molecular formula is C13H17BrN2OS. The summed E-state index contributed by atoms with van der Waals surface area (Å²) in [6.45, 7) is 3.80. The molecule has 98 valence electrons. The van der Waals surface area contributed by atoms with E-state index in [1.54, 1.807) is 12.1 Å². The summed E-state index contributed by atoms with van der Waals surface area (Å²) in [5, 5.41) is 0.552. The smallest absolute Gasteiger partial charge is 0.256 e. The second kappa shape index (κ2) is 5.97. The van der Waals surface area contributed by atoms with Crippen LogP contribution in [0.2, 0.25) is 0 Å². The number of rotatable bonds is 2. The maximum absolute atomic E-state index is 12.5. The fourth-order valence-corrected chi connectivity index (χ4v) is 3.58. The Morgan fingerprint density at radius 3 is 3.11 bits per heavy atom. The molecule has 1 aromatic rings. The van der Waals surface area contributed by atoms with Crippen LogP contribution in [0.15, 0.2) is 22.7 Å². The first kappa shape index (κ1) is 13.7. The number of nitrogen functional groups attached to an aromatic ring is 1. The minimum absolute atomic E-state index is 0.0487. The summed E-state index contributed by atoms with van der Waals surface area (Å²) in [6.07, 6.45) is 1.10. The molecule has 2 rings (SSSR count). The molecule has 1 fully saturated rings. The third kappa shape index (κ3) is 3.01. The van der Waals surface area contributed by atoms with E-state index in [1.165, 1.54) is 0 Å². The Labute approximate surface area is 120 Å². The Kier molecular flexibility index (Phi) is 4.56. The van der Waals surface area contributed by atoms with Crippen molar-refractivity contribution in [3.05, 3.63) is 28.2 Å². The largest absolute Gasteiger partial charge is 0.398 e. The van der Waals surface area contributed by atoms with Crippen molar-refractivity contribution in [2.24, 2.45) is 0 Å². The second-order valence-corrected chi connectivity index (χ2v) is 6.71. The summed E-state index contributed by atoms with van der Waals surface area (Å²) in [4.78, 5) is 14.4. The van der Waals surface area contributed by atoms with Crippen molar-refractivity contribution in [3.63, 3.8) is 0 Å². The Bertz CT molecular complexity index is 453. The first-order valence-corrected chi connectivity index (χ1v) is 7.92. The van der Waals surface area contributed by atoms with Crippen LogP contribution in [0, 0.1) is 0 Å². The van der Waals surface area contributed by atoms with E-state index in [-0.39, 0.29) is 5.91 Å². The average Bonchev–Trinajstić information content (AvgIpc) is 2.41. The van der Waals surface area contributed by atoms with Crippen molar-refractivity contribution >= 4 is 39.3 Å².